The molecule has 3 atom stereocenters. The van der Waals surface area contributed by atoms with E-state index in [-0.39, 0.29) is 18.4 Å². The van der Waals surface area contributed by atoms with Gasteiger partial charge < -0.3 is 25.6 Å². The molecule has 0 fully saturated rings. The zero-order chi connectivity index (χ0) is 27.6. The fraction of sp³-hybridized carbons (Fsp3) is 0.429. The fourth-order valence-corrected chi connectivity index (χ4v) is 3.62. The molecule has 3 N–H and O–H groups in total. The van der Waals surface area contributed by atoms with Crippen LogP contribution in [0.15, 0.2) is 60.7 Å². The summed E-state index contributed by atoms with van der Waals surface area (Å²) in [6, 6.07) is 16.4. The maximum atomic E-state index is 13.0. The first-order valence-electron chi connectivity index (χ1n) is 12.4. The Kier molecular flexibility index (Phi) is 10.7. The molecule has 0 aromatic heterocycles. The molecular weight excluding hydrogens is 472 g/mol. The van der Waals surface area contributed by atoms with Crippen molar-refractivity contribution in [2.45, 2.75) is 65.3 Å². The molecule has 2 aromatic rings. The molecule has 0 radical (unpaired) electrons. The second kappa shape index (κ2) is 13.4. The Bertz CT molecular complexity index is 1060. The van der Waals surface area contributed by atoms with Crippen molar-refractivity contribution in [3.05, 3.63) is 66.2 Å². The van der Waals surface area contributed by atoms with Gasteiger partial charge in [0.05, 0.1) is 0 Å². The lowest BCUT2D eigenvalue weighted by molar-refractivity contribution is -0.133. The number of hydrogen-bond acceptors (Lipinski definition) is 5. The smallest absolute Gasteiger partial charge is 0.408 e. The summed E-state index contributed by atoms with van der Waals surface area (Å²) < 4.78 is 5.26. The third kappa shape index (κ3) is 8.63. The molecule has 0 bridgehead atoms. The molecule has 9 heteroatoms. The van der Waals surface area contributed by atoms with Crippen LogP contribution in [0, 0.1) is 5.92 Å². The third-order valence-corrected chi connectivity index (χ3v) is 6.15. The summed E-state index contributed by atoms with van der Waals surface area (Å²) in [7, 11) is 1.63. The summed E-state index contributed by atoms with van der Waals surface area (Å²) in [5, 5.41) is 7.98. The lowest BCUT2D eigenvalue weighted by Gasteiger charge is -2.32. The summed E-state index contributed by atoms with van der Waals surface area (Å²) in [6.45, 7) is 8.53. The number of nitrogens with one attached hydrogen (secondary N) is 3. The van der Waals surface area contributed by atoms with E-state index in [1.165, 1.54) is 11.8 Å². The molecule has 0 unspecified atom stereocenters. The summed E-state index contributed by atoms with van der Waals surface area (Å²) in [5.41, 5.74) is 0.288. The van der Waals surface area contributed by atoms with Gasteiger partial charge in [-0.1, -0.05) is 68.8 Å². The van der Waals surface area contributed by atoms with Crippen LogP contribution in [0.5, 0.6) is 0 Å². The highest BCUT2D eigenvalue weighted by molar-refractivity contribution is 6.02. The second-order valence-corrected chi connectivity index (χ2v) is 9.61. The SMILES string of the molecule is CC[C@H](C)[C@H](NC(=O)OCc1ccccc1)C(=O)N[C@@H](C)C(=O)NC(C)(C)C(=O)N(C)c1ccccc1. The summed E-state index contributed by atoms with van der Waals surface area (Å²) in [6.07, 6.45) is -0.109. The van der Waals surface area contributed by atoms with Crippen LogP contribution >= 0.6 is 0 Å². The first-order valence-corrected chi connectivity index (χ1v) is 12.4. The van der Waals surface area contributed by atoms with Gasteiger partial charge >= 0.3 is 6.09 Å². The number of ether oxygens (including phenoxy) is 1. The fourth-order valence-electron chi connectivity index (χ4n) is 3.62. The minimum atomic E-state index is -1.23. The van der Waals surface area contributed by atoms with Crippen LogP contribution < -0.4 is 20.9 Å². The maximum absolute atomic E-state index is 13.0. The van der Waals surface area contributed by atoms with Crippen LogP contribution in [0.2, 0.25) is 0 Å². The van der Waals surface area contributed by atoms with Gasteiger partial charge in [-0.3, -0.25) is 14.4 Å². The van der Waals surface area contributed by atoms with Crippen molar-refractivity contribution in [3.8, 4) is 0 Å². The Labute approximate surface area is 218 Å². The minimum Gasteiger partial charge on any atom is -0.445 e. The van der Waals surface area contributed by atoms with Gasteiger partial charge in [0.2, 0.25) is 11.8 Å². The average Bonchev–Trinajstić information content (AvgIpc) is 2.89. The Morgan fingerprint density at radius 1 is 0.892 bits per heavy atom. The maximum Gasteiger partial charge on any atom is 0.408 e. The molecule has 0 aliphatic heterocycles. The summed E-state index contributed by atoms with van der Waals surface area (Å²) >= 11 is 0. The lowest BCUT2D eigenvalue weighted by Crippen LogP contribution is -2.60. The zero-order valence-electron chi connectivity index (χ0n) is 22.4. The molecule has 200 valence electrons. The lowest BCUT2D eigenvalue weighted by atomic mass is 9.98. The zero-order valence-corrected chi connectivity index (χ0v) is 22.4. The first-order chi connectivity index (χ1) is 17.5. The minimum absolute atomic E-state index is 0.0703. The number of nitrogens with zero attached hydrogens (tertiary/aromatic N) is 1. The van der Waals surface area contributed by atoms with Gasteiger partial charge in [0.1, 0.15) is 24.2 Å². The van der Waals surface area contributed by atoms with Crippen LogP contribution in [0.4, 0.5) is 10.5 Å². The molecule has 9 nitrogen and oxygen atoms in total. The van der Waals surface area contributed by atoms with Crippen molar-refractivity contribution in [1.29, 1.82) is 0 Å². The van der Waals surface area contributed by atoms with Gasteiger partial charge in [-0.05, 0) is 44.4 Å². The molecule has 0 aliphatic rings. The highest BCUT2D eigenvalue weighted by Crippen LogP contribution is 2.17. The van der Waals surface area contributed by atoms with Crippen molar-refractivity contribution in [1.82, 2.24) is 16.0 Å². The van der Waals surface area contributed by atoms with Gasteiger partial charge in [0.15, 0.2) is 0 Å². The molecule has 0 saturated heterocycles. The van der Waals surface area contributed by atoms with E-state index in [4.69, 9.17) is 4.74 Å². The number of amides is 4. The molecule has 37 heavy (non-hydrogen) atoms. The largest absolute Gasteiger partial charge is 0.445 e. The Morgan fingerprint density at radius 3 is 2.03 bits per heavy atom. The number of anilines is 1. The predicted octanol–water partition coefficient (Wildman–Crippen LogP) is 3.39. The van der Waals surface area contributed by atoms with E-state index in [0.717, 1.165) is 5.56 Å². The second-order valence-electron chi connectivity index (χ2n) is 9.61. The van der Waals surface area contributed by atoms with Gasteiger partial charge in [-0.15, -0.1) is 0 Å². The van der Waals surface area contributed by atoms with Crippen LogP contribution in [-0.2, 0) is 25.7 Å². The number of hydrogen-bond donors (Lipinski definition) is 3. The normalized spacial score (nSPS) is 13.5. The highest BCUT2D eigenvalue weighted by Gasteiger charge is 2.35. The molecule has 0 heterocycles. The highest BCUT2D eigenvalue weighted by atomic mass is 16.5. The van der Waals surface area contributed by atoms with E-state index in [9.17, 15) is 19.2 Å². The summed E-state index contributed by atoms with van der Waals surface area (Å²) in [5.74, 6) is -1.56. The summed E-state index contributed by atoms with van der Waals surface area (Å²) in [4.78, 5) is 52.8. The number of para-hydroxylation sites is 1. The third-order valence-electron chi connectivity index (χ3n) is 6.15. The van der Waals surface area contributed by atoms with Crippen molar-refractivity contribution < 1.29 is 23.9 Å². The van der Waals surface area contributed by atoms with Crippen LogP contribution in [0.3, 0.4) is 0 Å². The molecule has 0 spiro atoms. The number of rotatable bonds is 11. The molecule has 2 aromatic carbocycles. The van der Waals surface area contributed by atoms with Gasteiger partial charge in [0, 0.05) is 12.7 Å². The number of alkyl carbamates (subject to hydrolysis) is 1. The number of likely N-dealkylation sites (N-methyl/N-ethyl adjacent to an activating group) is 1. The van der Waals surface area contributed by atoms with Crippen molar-refractivity contribution in [2.24, 2.45) is 5.92 Å². The van der Waals surface area contributed by atoms with Gasteiger partial charge in [0.25, 0.3) is 5.91 Å². The Hall–Kier alpha value is -3.88. The van der Waals surface area contributed by atoms with E-state index in [1.54, 1.807) is 33.0 Å². The topological polar surface area (TPSA) is 117 Å². The van der Waals surface area contributed by atoms with Crippen LogP contribution in [-0.4, -0.2) is 48.5 Å². The van der Waals surface area contributed by atoms with E-state index >= 15 is 0 Å². The molecule has 4 amide bonds. The van der Waals surface area contributed by atoms with Gasteiger partial charge in [-0.2, -0.15) is 0 Å². The number of carbonyl (C=O) groups excluding carboxylic acids is 4. The van der Waals surface area contributed by atoms with Gasteiger partial charge in [-0.25, -0.2) is 4.79 Å². The standard InChI is InChI=1S/C28H38N4O5/c1-7-19(2)23(30-27(36)37-18-21-14-10-8-11-15-21)25(34)29-20(3)24(33)31-28(4,5)26(35)32(6)22-16-12-9-13-17-22/h8-17,19-20,23H,7,18H2,1-6H3,(H,29,34)(H,30,36)(H,31,33)/t19-,20-,23-/m0/s1. The quantitative estimate of drug-likeness (QED) is 0.428. The van der Waals surface area contributed by atoms with Crippen molar-refractivity contribution >= 4 is 29.5 Å². The number of carbonyl (C=O) groups is 4. The Morgan fingerprint density at radius 2 is 1.46 bits per heavy atom. The number of benzene rings is 2. The van der Waals surface area contributed by atoms with Crippen LogP contribution in [0.25, 0.3) is 0 Å². The van der Waals surface area contributed by atoms with E-state index in [1.807, 2.05) is 62.4 Å². The van der Waals surface area contributed by atoms with E-state index in [0.29, 0.717) is 12.1 Å². The molecule has 0 saturated carbocycles. The van der Waals surface area contributed by atoms with E-state index in [2.05, 4.69) is 16.0 Å². The van der Waals surface area contributed by atoms with E-state index < -0.39 is 35.5 Å². The average molecular weight is 511 g/mol. The monoisotopic (exact) mass is 510 g/mol. The van der Waals surface area contributed by atoms with Crippen molar-refractivity contribution in [2.75, 3.05) is 11.9 Å². The molecule has 2 rings (SSSR count). The first kappa shape index (κ1) is 29.4. The van der Waals surface area contributed by atoms with Crippen LogP contribution in [0.1, 0.15) is 46.6 Å². The predicted molar refractivity (Wildman–Crippen MR) is 143 cm³/mol. The van der Waals surface area contributed by atoms with Crippen molar-refractivity contribution in [3.63, 3.8) is 0 Å². The molecular formula is C28H38N4O5. The Balaban J connectivity index is 1.97. The molecule has 0 aliphatic carbocycles.